The van der Waals surface area contributed by atoms with Crippen LogP contribution in [0.1, 0.15) is 40.1 Å². The molecular weight excluding hydrogens is 300 g/mol. The zero-order valence-corrected chi connectivity index (χ0v) is 13.8. The van der Waals surface area contributed by atoms with E-state index in [0.29, 0.717) is 12.2 Å². The summed E-state index contributed by atoms with van der Waals surface area (Å²) < 4.78 is 1.67. The SMILES string of the molecule is Cc1ccc(C(C)NC(=O)c2cn(Cc3ccccc3)nn2)cc1. The van der Waals surface area contributed by atoms with Crippen LogP contribution in [-0.2, 0) is 6.54 Å². The van der Waals surface area contributed by atoms with Crippen molar-refractivity contribution in [3.8, 4) is 0 Å². The van der Waals surface area contributed by atoms with Gasteiger partial charge in [-0.1, -0.05) is 65.4 Å². The van der Waals surface area contributed by atoms with Crippen LogP contribution in [0.25, 0.3) is 0 Å². The average Bonchev–Trinajstić information content (AvgIpc) is 3.05. The van der Waals surface area contributed by atoms with E-state index in [1.165, 1.54) is 5.56 Å². The third-order valence-corrected chi connectivity index (χ3v) is 3.88. The van der Waals surface area contributed by atoms with E-state index >= 15 is 0 Å². The summed E-state index contributed by atoms with van der Waals surface area (Å²) in [5.74, 6) is -0.220. The highest BCUT2D eigenvalue weighted by Crippen LogP contribution is 2.13. The molecule has 3 rings (SSSR count). The zero-order valence-electron chi connectivity index (χ0n) is 13.8. The third-order valence-electron chi connectivity index (χ3n) is 3.88. The van der Waals surface area contributed by atoms with Crippen LogP contribution < -0.4 is 5.32 Å². The van der Waals surface area contributed by atoms with Crippen LogP contribution in [0.2, 0.25) is 0 Å². The van der Waals surface area contributed by atoms with Gasteiger partial charge in [0.1, 0.15) is 0 Å². The van der Waals surface area contributed by atoms with Gasteiger partial charge in [0.25, 0.3) is 5.91 Å². The highest BCUT2D eigenvalue weighted by Gasteiger charge is 2.14. The molecule has 0 spiro atoms. The van der Waals surface area contributed by atoms with Crippen LogP contribution in [0.3, 0.4) is 0 Å². The highest BCUT2D eigenvalue weighted by molar-refractivity contribution is 5.92. The molecule has 3 aromatic rings. The van der Waals surface area contributed by atoms with Crippen molar-refractivity contribution >= 4 is 5.91 Å². The van der Waals surface area contributed by atoms with Gasteiger partial charge in [-0.25, -0.2) is 4.68 Å². The molecule has 5 heteroatoms. The van der Waals surface area contributed by atoms with Crippen molar-refractivity contribution in [2.75, 3.05) is 0 Å². The van der Waals surface area contributed by atoms with Gasteiger partial charge in [-0.15, -0.1) is 5.10 Å². The van der Waals surface area contributed by atoms with E-state index in [2.05, 4.69) is 15.6 Å². The number of amides is 1. The van der Waals surface area contributed by atoms with Crippen molar-refractivity contribution in [3.63, 3.8) is 0 Å². The summed E-state index contributed by atoms with van der Waals surface area (Å²) in [6.07, 6.45) is 1.67. The highest BCUT2D eigenvalue weighted by atomic mass is 16.2. The molecule has 5 nitrogen and oxygen atoms in total. The van der Waals surface area contributed by atoms with E-state index < -0.39 is 0 Å². The summed E-state index contributed by atoms with van der Waals surface area (Å²) in [6.45, 7) is 4.59. The number of aromatic nitrogens is 3. The largest absolute Gasteiger partial charge is 0.344 e. The zero-order chi connectivity index (χ0) is 16.9. The monoisotopic (exact) mass is 320 g/mol. The number of hydrogen-bond donors (Lipinski definition) is 1. The first-order valence-corrected chi connectivity index (χ1v) is 7.93. The second-order valence-electron chi connectivity index (χ2n) is 5.89. The van der Waals surface area contributed by atoms with E-state index in [1.54, 1.807) is 10.9 Å². The quantitative estimate of drug-likeness (QED) is 0.786. The van der Waals surface area contributed by atoms with Gasteiger partial charge < -0.3 is 5.32 Å². The fourth-order valence-corrected chi connectivity index (χ4v) is 2.46. The number of benzene rings is 2. The number of carbonyl (C=O) groups is 1. The van der Waals surface area contributed by atoms with Gasteiger partial charge in [-0.2, -0.15) is 0 Å². The lowest BCUT2D eigenvalue weighted by atomic mass is 10.1. The van der Waals surface area contributed by atoms with Gasteiger partial charge >= 0.3 is 0 Å². The molecule has 2 aromatic carbocycles. The Morgan fingerprint density at radius 1 is 1.12 bits per heavy atom. The minimum absolute atomic E-state index is 0.0858. The Labute approximate surface area is 141 Å². The Kier molecular flexibility index (Phi) is 4.70. The normalized spacial score (nSPS) is 11.9. The predicted molar refractivity (Wildman–Crippen MR) is 92.6 cm³/mol. The molecule has 0 aliphatic heterocycles. The molecular formula is C19H20N4O. The van der Waals surface area contributed by atoms with Crippen molar-refractivity contribution in [1.82, 2.24) is 20.3 Å². The second-order valence-corrected chi connectivity index (χ2v) is 5.89. The lowest BCUT2D eigenvalue weighted by Gasteiger charge is -2.13. The van der Waals surface area contributed by atoms with Crippen molar-refractivity contribution in [2.24, 2.45) is 0 Å². The maximum atomic E-state index is 12.3. The van der Waals surface area contributed by atoms with E-state index in [1.807, 2.05) is 68.4 Å². The van der Waals surface area contributed by atoms with E-state index in [0.717, 1.165) is 11.1 Å². The second kappa shape index (κ2) is 7.08. The maximum absolute atomic E-state index is 12.3. The van der Waals surface area contributed by atoms with Gasteiger partial charge in [0.15, 0.2) is 5.69 Å². The first-order valence-electron chi connectivity index (χ1n) is 7.93. The Balaban J connectivity index is 1.64. The molecule has 24 heavy (non-hydrogen) atoms. The smallest absolute Gasteiger partial charge is 0.273 e. The molecule has 122 valence electrons. The first kappa shape index (κ1) is 15.9. The number of nitrogens with one attached hydrogen (secondary N) is 1. The molecule has 0 bridgehead atoms. The van der Waals surface area contributed by atoms with E-state index in [9.17, 15) is 4.79 Å². The molecule has 0 fully saturated rings. The maximum Gasteiger partial charge on any atom is 0.273 e. The number of hydrogen-bond acceptors (Lipinski definition) is 3. The molecule has 1 aromatic heterocycles. The Hall–Kier alpha value is -2.95. The molecule has 1 N–H and O–H groups in total. The van der Waals surface area contributed by atoms with Crippen LogP contribution in [0, 0.1) is 6.92 Å². The molecule has 1 unspecified atom stereocenters. The Morgan fingerprint density at radius 3 is 2.54 bits per heavy atom. The first-order chi connectivity index (χ1) is 11.6. The predicted octanol–water partition coefficient (Wildman–Crippen LogP) is 3.13. The van der Waals surface area contributed by atoms with Crippen LogP contribution in [-0.4, -0.2) is 20.9 Å². The summed E-state index contributed by atoms with van der Waals surface area (Å²) >= 11 is 0. The summed E-state index contributed by atoms with van der Waals surface area (Å²) in [4.78, 5) is 12.3. The van der Waals surface area contributed by atoms with Gasteiger partial charge in [0, 0.05) is 0 Å². The fourth-order valence-electron chi connectivity index (χ4n) is 2.46. The molecule has 0 saturated heterocycles. The Bertz CT molecular complexity index is 809. The van der Waals surface area contributed by atoms with Crippen LogP contribution in [0.5, 0.6) is 0 Å². The summed E-state index contributed by atoms with van der Waals surface area (Å²) in [7, 11) is 0. The third kappa shape index (κ3) is 3.87. The van der Waals surface area contributed by atoms with Crippen molar-refractivity contribution in [2.45, 2.75) is 26.4 Å². The average molecular weight is 320 g/mol. The molecule has 0 aliphatic carbocycles. The van der Waals surface area contributed by atoms with Crippen LogP contribution in [0.4, 0.5) is 0 Å². The summed E-state index contributed by atoms with van der Waals surface area (Å²) in [6, 6.07) is 18.0. The van der Waals surface area contributed by atoms with Crippen LogP contribution >= 0.6 is 0 Å². The van der Waals surface area contributed by atoms with Crippen molar-refractivity contribution in [3.05, 3.63) is 83.2 Å². The summed E-state index contributed by atoms with van der Waals surface area (Å²) in [5.41, 5.74) is 3.69. The van der Waals surface area contributed by atoms with E-state index in [-0.39, 0.29) is 11.9 Å². The lowest BCUT2D eigenvalue weighted by Crippen LogP contribution is -2.27. The Morgan fingerprint density at radius 2 is 1.83 bits per heavy atom. The van der Waals surface area contributed by atoms with Gasteiger partial charge in [0.2, 0.25) is 0 Å². The number of aryl methyl sites for hydroxylation is 1. The minimum Gasteiger partial charge on any atom is -0.344 e. The van der Waals surface area contributed by atoms with Crippen molar-refractivity contribution < 1.29 is 4.79 Å². The van der Waals surface area contributed by atoms with Gasteiger partial charge in [0.05, 0.1) is 18.8 Å². The molecule has 0 radical (unpaired) electrons. The topological polar surface area (TPSA) is 59.8 Å². The number of nitrogens with zero attached hydrogens (tertiary/aromatic N) is 3. The van der Waals surface area contributed by atoms with Crippen LogP contribution in [0.15, 0.2) is 60.8 Å². The molecule has 1 heterocycles. The minimum atomic E-state index is -0.220. The number of rotatable bonds is 5. The fraction of sp³-hybridized carbons (Fsp3) is 0.211. The molecule has 1 amide bonds. The van der Waals surface area contributed by atoms with Gasteiger partial charge in [-0.05, 0) is 25.0 Å². The van der Waals surface area contributed by atoms with Gasteiger partial charge in [-0.3, -0.25) is 4.79 Å². The number of carbonyl (C=O) groups excluding carboxylic acids is 1. The lowest BCUT2D eigenvalue weighted by molar-refractivity contribution is 0.0934. The molecule has 1 atom stereocenters. The summed E-state index contributed by atoms with van der Waals surface area (Å²) in [5, 5.41) is 11.0. The van der Waals surface area contributed by atoms with E-state index in [4.69, 9.17) is 0 Å². The molecule has 0 aliphatic rings. The standard InChI is InChI=1S/C19H20N4O/c1-14-8-10-17(11-9-14)15(2)20-19(24)18-13-23(22-21-18)12-16-6-4-3-5-7-16/h3-11,13,15H,12H2,1-2H3,(H,20,24). The van der Waals surface area contributed by atoms with Crippen molar-refractivity contribution in [1.29, 1.82) is 0 Å². The molecule has 0 saturated carbocycles.